The zero-order valence-electron chi connectivity index (χ0n) is 8.97. The Balaban J connectivity index is 2.06. The summed E-state index contributed by atoms with van der Waals surface area (Å²) >= 11 is 0. The van der Waals surface area contributed by atoms with Crippen molar-refractivity contribution in [3.63, 3.8) is 0 Å². The van der Waals surface area contributed by atoms with E-state index in [1.54, 1.807) is 0 Å². The molecule has 1 aliphatic rings. The van der Waals surface area contributed by atoms with E-state index in [0.717, 1.165) is 17.8 Å². The van der Waals surface area contributed by atoms with Crippen LogP contribution in [0.4, 0.5) is 0 Å². The summed E-state index contributed by atoms with van der Waals surface area (Å²) in [6, 6.07) is 0. The molecule has 1 fully saturated rings. The molecule has 1 rings (SSSR count). The zero-order valence-corrected chi connectivity index (χ0v) is 8.97. The second kappa shape index (κ2) is 4.89. The Morgan fingerprint density at radius 3 is 2.50 bits per heavy atom. The van der Waals surface area contributed by atoms with Crippen LogP contribution in [0.3, 0.4) is 0 Å². The first-order valence-electron chi connectivity index (χ1n) is 5.70. The molecule has 0 aromatic carbocycles. The van der Waals surface area contributed by atoms with Crippen molar-refractivity contribution in [2.45, 2.75) is 59.3 Å². The lowest BCUT2D eigenvalue weighted by Gasteiger charge is -2.15. The lowest BCUT2D eigenvalue weighted by molar-refractivity contribution is 0.365. The summed E-state index contributed by atoms with van der Waals surface area (Å²) in [4.78, 5) is 0. The fourth-order valence-corrected chi connectivity index (χ4v) is 2.44. The normalized spacial score (nSPS) is 30.0. The Bertz CT molecular complexity index is 115. The van der Waals surface area contributed by atoms with Crippen molar-refractivity contribution in [3.8, 4) is 0 Å². The Morgan fingerprint density at radius 2 is 2.00 bits per heavy atom. The van der Waals surface area contributed by atoms with Gasteiger partial charge in [-0.1, -0.05) is 59.3 Å². The number of rotatable bonds is 4. The minimum atomic E-state index is 0.904. The summed E-state index contributed by atoms with van der Waals surface area (Å²) in [5.74, 6) is 3.00. The minimum absolute atomic E-state index is 0.904. The molecule has 0 radical (unpaired) electrons. The Labute approximate surface area is 77.7 Å². The standard InChI is InChI=1S/C12H24/c1-10(2)6-4-8-12-9-5-7-11(12)3/h10-12H,4-9H2,1-3H3/t11-,12?/m1/s1. The maximum Gasteiger partial charge on any atom is -0.0388 e. The fourth-order valence-electron chi connectivity index (χ4n) is 2.44. The predicted octanol–water partition coefficient (Wildman–Crippen LogP) is 4.25. The molecule has 0 aliphatic heterocycles. The van der Waals surface area contributed by atoms with Crippen LogP contribution in [-0.2, 0) is 0 Å². The van der Waals surface area contributed by atoms with E-state index in [2.05, 4.69) is 20.8 Å². The molecule has 1 aliphatic carbocycles. The zero-order chi connectivity index (χ0) is 8.97. The highest BCUT2D eigenvalue weighted by Crippen LogP contribution is 2.34. The number of hydrogen-bond acceptors (Lipinski definition) is 0. The molecular weight excluding hydrogens is 144 g/mol. The second-order valence-corrected chi connectivity index (χ2v) is 4.99. The van der Waals surface area contributed by atoms with Crippen LogP contribution in [0.15, 0.2) is 0 Å². The van der Waals surface area contributed by atoms with E-state index in [0.29, 0.717) is 0 Å². The van der Waals surface area contributed by atoms with Gasteiger partial charge in [-0.2, -0.15) is 0 Å². The van der Waals surface area contributed by atoms with Gasteiger partial charge in [0, 0.05) is 0 Å². The van der Waals surface area contributed by atoms with Crippen LogP contribution in [0.2, 0.25) is 0 Å². The molecule has 0 saturated heterocycles. The van der Waals surface area contributed by atoms with Gasteiger partial charge in [-0.05, 0) is 17.8 Å². The molecule has 0 nitrogen and oxygen atoms in total. The highest BCUT2D eigenvalue weighted by Gasteiger charge is 2.22. The molecule has 0 bridgehead atoms. The van der Waals surface area contributed by atoms with Gasteiger partial charge >= 0.3 is 0 Å². The first kappa shape index (κ1) is 10.1. The third kappa shape index (κ3) is 3.16. The molecule has 1 unspecified atom stereocenters. The van der Waals surface area contributed by atoms with E-state index in [9.17, 15) is 0 Å². The van der Waals surface area contributed by atoms with Gasteiger partial charge in [-0.3, -0.25) is 0 Å². The van der Waals surface area contributed by atoms with Gasteiger partial charge in [-0.15, -0.1) is 0 Å². The molecule has 0 spiro atoms. The van der Waals surface area contributed by atoms with Crippen molar-refractivity contribution >= 4 is 0 Å². The molecule has 0 heterocycles. The summed E-state index contributed by atoms with van der Waals surface area (Å²) < 4.78 is 0. The fraction of sp³-hybridized carbons (Fsp3) is 1.00. The molecule has 72 valence electrons. The topological polar surface area (TPSA) is 0 Å². The van der Waals surface area contributed by atoms with E-state index in [-0.39, 0.29) is 0 Å². The first-order chi connectivity index (χ1) is 5.70. The molecule has 0 amide bonds. The van der Waals surface area contributed by atoms with Crippen LogP contribution in [-0.4, -0.2) is 0 Å². The van der Waals surface area contributed by atoms with Crippen molar-refractivity contribution in [2.75, 3.05) is 0 Å². The molecule has 2 atom stereocenters. The molecule has 12 heavy (non-hydrogen) atoms. The van der Waals surface area contributed by atoms with Crippen molar-refractivity contribution in [1.82, 2.24) is 0 Å². The maximum atomic E-state index is 2.44. The van der Waals surface area contributed by atoms with Gasteiger partial charge in [-0.25, -0.2) is 0 Å². The smallest absolute Gasteiger partial charge is 0.0388 e. The lowest BCUT2D eigenvalue weighted by atomic mass is 9.91. The Kier molecular flexibility index (Phi) is 4.11. The van der Waals surface area contributed by atoms with Crippen LogP contribution in [0.1, 0.15) is 59.3 Å². The van der Waals surface area contributed by atoms with Crippen LogP contribution < -0.4 is 0 Å². The van der Waals surface area contributed by atoms with Gasteiger partial charge in [0.1, 0.15) is 0 Å². The highest BCUT2D eigenvalue weighted by molar-refractivity contribution is 4.73. The molecule has 0 aromatic heterocycles. The summed E-state index contributed by atoms with van der Waals surface area (Å²) in [5.41, 5.74) is 0. The summed E-state index contributed by atoms with van der Waals surface area (Å²) in [6.45, 7) is 7.10. The van der Waals surface area contributed by atoms with E-state index < -0.39 is 0 Å². The Hall–Kier alpha value is 0. The molecule has 0 heteroatoms. The van der Waals surface area contributed by atoms with Crippen molar-refractivity contribution in [3.05, 3.63) is 0 Å². The quantitative estimate of drug-likeness (QED) is 0.588. The van der Waals surface area contributed by atoms with E-state index in [1.165, 1.54) is 38.5 Å². The first-order valence-corrected chi connectivity index (χ1v) is 5.70. The van der Waals surface area contributed by atoms with Crippen molar-refractivity contribution < 1.29 is 0 Å². The van der Waals surface area contributed by atoms with Gasteiger partial charge in [0.2, 0.25) is 0 Å². The maximum absolute atomic E-state index is 2.44. The molecular formula is C12H24. The van der Waals surface area contributed by atoms with Crippen LogP contribution in [0.5, 0.6) is 0 Å². The molecule has 0 N–H and O–H groups in total. The number of hydrogen-bond donors (Lipinski definition) is 0. The highest BCUT2D eigenvalue weighted by atomic mass is 14.3. The third-order valence-electron chi connectivity index (χ3n) is 3.40. The van der Waals surface area contributed by atoms with Gasteiger partial charge < -0.3 is 0 Å². The lowest BCUT2D eigenvalue weighted by Crippen LogP contribution is -2.04. The van der Waals surface area contributed by atoms with Gasteiger partial charge in [0.15, 0.2) is 0 Å². The van der Waals surface area contributed by atoms with Crippen LogP contribution in [0, 0.1) is 17.8 Å². The van der Waals surface area contributed by atoms with Crippen molar-refractivity contribution in [2.24, 2.45) is 17.8 Å². The van der Waals surface area contributed by atoms with Crippen molar-refractivity contribution in [1.29, 1.82) is 0 Å². The third-order valence-corrected chi connectivity index (χ3v) is 3.40. The summed E-state index contributed by atoms with van der Waals surface area (Å²) in [5, 5.41) is 0. The average Bonchev–Trinajstić information content (AvgIpc) is 2.36. The largest absolute Gasteiger partial charge is 0.0628 e. The van der Waals surface area contributed by atoms with Crippen LogP contribution >= 0.6 is 0 Å². The minimum Gasteiger partial charge on any atom is -0.0628 e. The average molecular weight is 168 g/mol. The molecule has 0 aromatic rings. The van der Waals surface area contributed by atoms with Gasteiger partial charge in [0.05, 0.1) is 0 Å². The predicted molar refractivity (Wildman–Crippen MR) is 55.2 cm³/mol. The SMILES string of the molecule is CC(C)CCCC1CCC[C@H]1C. The monoisotopic (exact) mass is 168 g/mol. The summed E-state index contributed by atoms with van der Waals surface area (Å²) in [6.07, 6.45) is 8.90. The second-order valence-electron chi connectivity index (χ2n) is 4.99. The van der Waals surface area contributed by atoms with E-state index in [1.807, 2.05) is 0 Å². The van der Waals surface area contributed by atoms with Gasteiger partial charge in [0.25, 0.3) is 0 Å². The molecule has 1 saturated carbocycles. The van der Waals surface area contributed by atoms with E-state index in [4.69, 9.17) is 0 Å². The summed E-state index contributed by atoms with van der Waals surface area (Å²) in [7, 11) is 0. The van der Waals surface area contributed by atoms with Crippen LogP contribution in [0.25, 0.3) is 0 Å². The van der Waals surface area contributed by atoms with E-state index >= 15 is 0 Å². The Morgan fingerprint density at radius 1 is 1.25 bits per heavy atom.